The van der Waals surface area contributed by atoms with Crippen molar-refractivity contribution in [2.75, 3.05) is 39.1 Å². The van der Waals surface area contributed by atoms with Gasteiger partial charge in [-0.3, -0.25) is 0 Å². The summed E-state index contributed by atoms with van der Waals surface area (Å²) in [6, 6.07) is 0. The van der Waals surface area contributed by atoms with Crippen molar-refractivity contribution in [1.29, 1.82) is 0 Å². The van der Waals surface area contributed by atoms with Crippen molar-refractivity contribution in [3.63, 3.8) is 0 Å². The van der Waals surface area contributed by atoms with E-state index in [0.29, 0.717) is 6.61 Å². The highest BCUT2D eigenvalue weighted by molar-refractivity contribution is 14.1. The first-order chi connectivity index (χ1) is 9.15. The van der Waals surface area contributed by atoms with Gasteiger partial charge in [-0.15, -0.1) is 0 Å². The first-order valence-electron chi connectivity index (χ1n) is 6.60. The highest BCUT2D eigenvalue weighted by Crippen LogP contribution is 2.19. The van der Waals surface area contributed by atoms with Crippen LogP contribution in [0, 0.1) is 3.57 Å². The predicted molar refractivity (Wildman–Crippen MR) is 86.5 cm³/mol. The molecule has 0 aliphatic rings. The van der Waals surface area contributed by atoms with E-state index in [1.807, 2.05) is 7.05 Å². The Morgan fingerprint density at radius 1 is 1.26 bits per heavy atom. The molecule has 108 valence electrons. The second-order valence-corrected chi connectivity index (χ2v) is 5.29. The zero-order chi connectivity index (χ0) is 14.3. The van der Waals surface area contributed by atoms with Crippen molar-refractivity contribution in [2.45, 2.75) is 26.9 Å². The maximum Gasteiger partial charge on any atom is 0.143 e. The molecule has 0 aliphatic carbocycles. The first kappa shape index (κ1) is 16.6. The van der Waals surface area contributed by atoms with Crippen molar-refractivity contribution >= 4 is 28.4 Å². The molecule has 1 N–H and O–H groups in total. The van der Waals surface area contributed by atoms with E-state index in [-0.39, 0.29) is 0 Å². The van der Waals surface area contributed by atoms with Gasteiger partial charge in [0.15, 0.2) is 0 Å². The molecule has 0 aliphatic heterocycles. The monoisotopic (exact) mass is 378 g/mol. The van der Waals surface area contributed by atoms with Crippen LogP contribution in [0.5, 0.6) is 0 Å². The summed E-state index contributed by atoms with van der Waals surface area (Å²) in [5.74, 6) is 1.76. The van der Waals surface area contributed by atoms with E-state index in [0.717, 1.165) is 47.0 Å². The molecule has 0 saturated heterocycles. The molecular formula is C13H23IN4O. The van der Waals surface area contributed by atoms with Crippen LogP contribution < -0.4 is 5.32 Å². The van der Waals surface area contributed by atoms with Gasteiger partial charge in [0.25, 0.3) is 0 Å². The van der Waals surface area contributed by atoms with Gasteiger partial charge in [0.05, 0.1) is 15.9 Å². The first-order valence-corrected chi connectivity index (χ1v) is 7.68. The van der Waals surface area contributed by atoms with Gasteiger partial charge in [0.2, 0.25) is 0 Å². The number of nitrogens with zero attached hydrogens (tertiary/aromatic N) is 3. The maximum atomic E-state index is 5.20. The second-order valence-electron chi connectivity index (χ2n) is 4.21. The molecule has 0 amide bonds. The highest BCUT2D eigenvalue weighted by atomic mass is 127. The fourth-order valence-electron chi connectivity index (χ4n) is 1.85. The lowest BCUT2D eigenvalue weighted by molar-refractivity contribution is 0.180. The minimum Gasteiger partial charge on any atom is -0.378 e. The number of anilines is 1. The van der Waals surface area contributed by atoms with Gasteiger partial charge in [-0.05, 0) is 35.7 Å². The normalized spacial score (nSPS) is 11.1. The summed E-state index contributed by atoms with van der Waals surface area (Å²) in [7, 11) is 3.57. The number of hydrogen-bond donors (Lipinski definition) is 1. The summed E-state index contributed by atoms with van der Waals surface area (Å²) in [6.07, 6.45) is 0.865. The van der Waals surface area contributed by atoms with Crippen molar-refractivity contribution in [2.24, 2.45) is 0 Å². The van der Waals surface area contributed by atoms with Gasteiger partial charge in [-0.2, -0.15) is 0 Å². The minimum atomic E-state index is 0.522. The van der Waals surface area contributed by atoms with Gasteiger partial charge in [-0.1, -0.05) is 13.8 Å². The fourth-order valence-corrected chi connectivity index (χ4v) is 2.52. The minimum absolute atomic E-state index is 0.522. The molecule has 6 heteroatoms. The summed E-state index contributed by atoms with van der Waals surface area (Å²) in [5.41, 5.74) is 0.956. The molecule has 0 unspecified atom stereocenters. The lowest BCUT2D eigenvalue weighted by atomic mass is 10.3. The standard InChI is InChI=1S/C13H23IN4O/c1-5-18(6-2)8-7-11-16-10(9-19-4)12(14)13(15-3)17-11/h5-9H2,1-4H3,(H,15,16,17). The smallest absolute Gasteiger partial charge is 0.143 e. The van der Waals surface area contributed by atoms with Crippen molar-refractivity contribution in [3.8, 4) is 0 Å². The fraction of sp³-hybridized carbons (Fsp3) is 0.692. The Kier molecular flexibility index (Phi) is 7.55. The average Bonchev–Trinajstić information content (AvgIpc) is 2.43. The molecule has 1 rings (SSSR count). The summed E-state index contributed by atoms with van der Waals surface area (Å²) in [5, 5.41) is 3.12. The highest BCUT2D eigenvalue weighted by Gasteiger charge is 2.11. The average molecular weight is 378 g/mol. The molecule has 0 bridgehead atoms. The van der Waals surface area contributed by atoms with E-state index in [4.69, 9.17) is 4.74 Å². The third kappa shape index (κ3) is 4.85. The number of methoxy groups -OCH3 is 1. The Morgan fingerprint density at radius 3 is 2.47 bits per heavy atom. The van der Waals surface area contributed by atoms with Crippen molar-refractivity contribution in [3.05, 3.63) is 15.1 Å². The van der Waals surface area contributed by atoms with Crippen LogP contribution in [0.2, 0.25) is 0 Å². The molecule has 1 aromatic rings. The van der Waals surface area contributed by atoms with Gasteiger partial charge in [0, 0.05) is 27.1 Å². The topological polar surface area (TPSA) is 50.3 Å². The molecule has 0 aromatic carbocycles. The Balaban J connectivity index is 2.85. The van der Waals surface area contributed by atoms with E-state index in [1.54, 1.807) is 7.11 Å². The van der Waals surface area contributed by atoms with Gasteiger partial charge in [0.1, 0.15) is 11.6 Å². The lowest BCUT2D eigenvalue weighted by Gasteiger charge is -2.18. The summed E-state index contributed by atoms with van der Waals surface area (Å²) in [4.78, 5) is 11.5. The number of nitrogens with one attached hydrogen (secondary N) is 1. The Morgan fingerprint density at radius 2 is 1.95 bits per heavy atom. The second kappa shape index (κ2) is 8.65. The zero-order valence-corrected chi connectivity index (χ0v) is 14.3. The van der Waals surface area contributed by atoms with E-state index in [2.05, 4.69) is 56.6 Å². The van der Waals surface area contributed by atoms with Crippen LogP contribution in [0.4, 0.5) is 5.82 Å². The number of hydrogen-bond acceptors (Lipinski definition) is 5. The third-order valence-corrected chi connectivity index (χ3v) is 4.16. The SMILES string of the molecule is CCN(CC)CCc1nc(COC)c(I)c(NC)n1. The number of halogens is 1. The largest absolute Gasteiger partial charge is 0.378 e. The molecular weight excluding hydrogens is 355 g/mol. The summed E-state index contributed by atoms with van der Waals surface area (Å²) < 4.78 is 6.23. The van der Waals surface area contributed by atoms with E-state index >= 15 is 0 Å². The molecule has 0 radical (unpaired) electrons. The summed E-state index contributed by atoms with van der Waals surface area (Å²) >= 11 is 2.26. The number of rotatable bonds is 8. The molecule has 5 nitrogen and oxygen atoms in total. The third-order valence-electron chi connectivity index (χ3n) is 3.03. The van der Waals surface area contributed by atoms with Gasteiger partial charge in [-0.25, -0.2) is 9.97 Å². The van der Waals surface area contributed by atoms with Crippen LogP contribution in [0.3, 0.4) is 0 Å². The van der Waals surface area contributed by atoms with Crippen molar-refractivity contribution < 1.29 is 4.74 Å². The molecule has 1 heterocycles. The molecule has 0 spiro atoms. The number of likely N-dealkylation sites (N-methyl/N-ethyl adjacent to an activating group) is 1. The van der Waals surface area contributed by atoms with Gasteiger partial charge < -0.3 is 15.0 Å². The van der Waals surface area contributed by atoms with Crippen LogP contribution in [-0.2, 0) is 17.8 Å². The Bertz CT molecular complexity index is 396. The molecule has 0 atom stereocenters. The quantitative estimate of drug-likeness (QED) is 0.703. The van der Waals surface area contributed by atoms with Crippen LogP contribution in [0.15, 0.2) is 0 Å². The van der Waals surface area contributed by atoms with Crippen LogP contribution in [0.25, 0.3) is 0 Å². The maximum absolute atomic E-state index is 5.20. The Labute approximate surface area is 129 Å². The van der Waals surface area contributed by atoms with Crippen LogP contribution >= 0.6 is 22.6 Å². The molecule has 0 saturated carbocycles. The molecule has 0 fully saturated rings. The van der Waals surface area contributed by atoms with Gasteiger partial charge >= 0.3 is 0 Å². The van der Waals surface area contributed by atoms with Crippen LogP contribution in [-0.4, -0.2) is 48.7 Å². The molecule has 1 aromatic heterocycles. The van der Waals surface area contributed by atoms with E-state index < -0.39 is 0 Å². The zero-order valence-electron chi connectivity index (χ0n) is 12.2. The molecule has 19 heavy (non-hydrogen) atoms. The number of aromatic nitrogens is 2. The van der Waals surface area contributed by atoms with Crippen LogP contribution in [0.1, 0.15) is 25.4 Å². The Hall–Kier alpha value is -0.470. The van der Waals surface area contributed by atoms with E-state index in [1.165, 1.54) is 0 Å². The predicted octanol–water partition coefficient (Wildman–Crippen LogP) is 2.15. The number of ether oxygens (including phenoxy) is 1. The lowest BCUT2D eigenvalue weighted by Crippen LogP contribution is -2.26. The van der Waals surface area contributed by atoms with E-state index in [9.17, 15) is 0 Å². The van der Waals surface area contributed by atoms with Crippen molar-refractivity contribution in [1.82, 2.24) is 14.9 Å². The summed E-state index contributed by atoms with van der Waals surface area (Å²) in [6.45, 7) is 7.98.